The number of imidazole rings is 1. The lowest BCUT2D eigenvalue weighted by atomic mass is 10.2. The number of carbonyl (C=O) groups is 1. The van der Waals surface area contributed by atoms with E-state index >= 15 is 0 Å². The molecule has 5 heteroatoms. The number of aryl methyl sites for hydroxylation is 1. The van der Waals surface area contributed by atoms with Crippen molar-refractivity contribution in [3.8, 4) is 0 Å². The van der Waals surface area contributed by atoms with Gasteiger partial charge in [0.25, 0.3) is 0 Å². The van der Waals surface area contributed by atoms with E-state index < -0.39 is 5.97 Å². The molecule has 0 aromatic carbocycles. The Morgan fingerprint density at radius 3 is 2.82 bits per heavy atom. The summed E-state index contributed by atoms with van der Waals surface area (Å²) in [5.74, 6) is 0.171. The molecule has 0 bridgehead atoms. The van der Waals surface area contributed by atoms with Gasteiger partial charge >= 0.3 is 5.97 Å². The third-order valence-corrected chi connectivity index (χ3v) is 3.44. The molecule has 1 fully saturated rings. The first kappa shape index (κ1) is 12.1. The molecule has 0 saturated heterocycles. The topological polar surface area (TPSA) is 58.4 Å². The number of hydrogen-bond acceptors (Lipinski definition) is 3. The number of rotatable bonds is 5. The summed E-state index contributed by atoms with van der Waals surface area (Å²) in [5, 5.41) is 8.97. The van der Waals surface area contributed by atoms with Crippen LogP contribution in [0.2, 0.25) is 0 Å². The lowest BCUT2D eigenvalue weighted by Crippen LogP contribution is -2.37. The van der Waals surface area contributed by atoms with Crippen LogP contribution in [0.25, 0.3) is 0 Å². The Kier molecular flexibility index (Phi) is 3.78. The van der Waals surface area contributed by atoms with E-state index in [9.17, 15) is 4.79 Å². The van der Waals surface area contributed by atoms with Gasteiger partial charge in [-0.25, -0.2) is 4.98 Å². The van der Waals surface area contributed by atoms with Crippen molar-refractivity contribution in [2.24, 2.45) is 7.05 Å². The minimum absolute atomic E-state index is 0.109. The number of aliphatic carboxylic acids is 1. The number of aromatic nitrogens is 2. The molecule has 1 heterocycles. The Bertz CT molecular complexity index is 383. The predicted octanol–water partition coefficient (Wildman–Crippen LogP) is 1.25. The molecular weight excluding hydrogens is 218 g/mol. The fourth-order valence-electron chi connectivity index (χ4n) is 2.49. The largest absolute Gasteiger partial charge is 0.480 e. The summed E-state index contributed by atoms with van der Waals surface area (Å²) in [7, 11) is 1.94. The number of nitrogens with zero attached hydrogens (tertiary/aromatic N) is 3. The van der Waals surface area contributed by atoms with Gasteiger partial charge in [0.1, 0.15) is 5.82 Å². The van der Waals surface area contributed by atoms with E-state index in [0.29, 0.717) is 12.6 Å². The lowest BCUT2D eigenvalue weighted by molar-refractivity contribution is -0.139. The second-order valence-corrected chi connectivity index (χ2v) is 4.69. The maximum absolute atomic E-state index is 10.9. The molecule has 1 aliphatic rings. The van der Waals surface area contributed by atoms with Crippen LogP contribution in [0.3, 0.4) is 0 Å². The smallest absolute Gasteiger partial charge is 0.317 e. The van der Waals surface area contributed by atoms with Crippen molar-refractivity contribution >= 4 is 5.97 Å². The Hall–Kier alpha value is -1.36. The first-order valence-electron chi connectivity index (χ1n) is 6.09. The van der Waals surface area contributed by atoms with Crippen LogP contribution < -0.4 is 0 Å². The maximum atomic E-state index is 10.9. The molecule has 0 atom stereocenters. The van der Waals surface area contributed by atoms with Gasteiger partial charge in [0, 0.05) is 25.5 Å². The van der Waals surface area contributed by atoms with Crippen molar-refractivity contribution < 1.29 is 9.90 Å². The van der Waals surface area contributed by atoms with Gasteiger partial charge < -0.3 is 9.67 Å². The van der Waals surface area contributed by atoms with Gasteiger partial charge in [-0.1, -0.05) is 12.8 Å². The minimum atomic E-state index is -0.758. The van der Waals surface area contributed by atoms with Crippen LogP contribution in [0, 0.1) is 0 Å². The van der Waals surface area contributed by atoms with E-state index in [-0.39, 0.29) is 6.54 Å². The zero-order chi connectivity index (χ0) is 12.3. The van der Waals surface area contributed by atoms with Gasteiger partial charge in [0.2, 0.25) is 0 Å². The van der Waals surface area contributed by atoms with Crippen LogP contribution in [0.15, 0.2) is 12.4 Å². The van der Waals surface area contributed by atoms with Crippen molar-refractivity contribution in [3.63, 3.8) is 0 Å². The fourth-order valence-corrected chi connectivity index (χ4v) is 2.49. The highest BCUT2D eigenvalue weighted by molar-refractivity contribution is 5.69. The standard InChI is InChI=1S/C12H19N3O2/c1-14-7-6-13-11(14)8-15(9-12(16)17)10-4-2-3-5-10/h6-7,10H,2-5,8-9H2,1H3,(H,16,17). The molecule has 94 valence electrons. The van der Waals surface area contributed by atoms with Gasteiger partial charge in [-0.2, -0.15) is 0 Å². The minimum Gasteiger partial charge on any atom is -0.480 e. The van der Waals surface area contributed by atoms with Crippen LogP contribution in [0.1, 0.15) is 31.5 Å². The molecule has 0 unspecified atom stereocenters. The van der Waals surface area contributed by atoms with E-state index in [0.717, 1.165) is 18.7 Å². The van der Waals surface area contributed by atoms with Gasteiger partial charge in [-0.15, -0.1) is 0 Å². The first-order valence-corrected chi connectivity index (χ1v) is 6.09. The van der Waals surface area contributed by atoms with Crippen molar-refractivity contribution in [2.45, 2.75) is 38.3 Å². The van der Waals surface area contributed by atoms with E-state index in [2.05, 4.69) is 4.98 Å². The van der Waals surface area contributed by atoms with Crippen LogP contribution in [-0.2, 0) is 18.4 Å². The molecule has 0 radical (unpaired) electrons. The summed E-state index contributed by atoms with van der Waals surface area (Å²) in [6.07, 6.45) is 8.28. The van der Waals surface area contributed by atoms with E-state index in [1.807, 2.05) is 22.7 Å². The second kappa shape index (κ2) is 5.31. The first-order chi connectivity index (χ1) is 8.16. The summed E-state index contributed by atoms with van der Waals surface area (Å²) in [5.41, 5.74) is 0. The zero-order valence-electron chi connectivity index (χ0n) is 10.2. The molecule has 5 nitrogen and oxygen atoms in total. The average Bonchev–Trinajstić information content (AvgIpc) is 2.89. The lowest BCUT2D eigenvalue weighted by Gasteiger charge is -2.26. The van der Waals surface area contributed by atoms with Crippen LogP contribution in [-0.4, -0.2) is 38.1 Å². The van der Waals surface area contributed by atoms with Crippen LogP contribution in [0.5, 0.6) is 0 Å². The average molecular weight is 237 g/mol. The third-order valence-electron chi connectivity index (χ3n) is 3.44. The van der Waals surface area contributed by atoms with Crippen molar-refractivity contribution in [3.05, 3.63) is 18.2 Å². The summed E-state index contributed by atoms with van der Waals surface area (Å²) in [6.45, 7) is 0.734. The highest BCUT2D eigenvalue weighted by atomic mass is 16.4. The highest BCUT2D eigenvalue weighted by Crippen LogP contribution is 2.24. The van der Waals surface area contributed by atoms with Gasteiger partial charge in [-0.05, 0) is 12.8 Å². The third kappa shape index (κ3) is 3.06. The Morgan fingerprint density at radius 1 is 1.59 bits per heavy atom. The summed E-state index contributed by atoms with van der Waals surface area (Å²) >= 11 is 0. The molecule has 1 N–H and O–H groups in total. The molecule has 0 spiro atoms. The number of carboxylic acid groups (broad SMARTS) is 1. The molecule has 1 aliphatic carbocycles. The maximum Gasteiger partial charge on any atom is 0.317 e. The highest BCUT2D eigenvalue weighted by Gasteiger charge is 2.25. The molecule has 17 heavy (non-hydrogen) atoms. The normalized spacial score (nSPS) is 16.8. The molecule has 1 saturated carbocycles. The molecule has 1 aromatic heterocycles. The Balaban J connectivity index is 2.04. The van der Waals surface area contributed by atoms with Gasteiger partial charge in [-0.3, -0.25) is 9.69 Å². The summed E-state index contributed by atoms with van der Waals surface area (Å²) < 4.78 is 1.95. The Labute approximate surface area is 101 Å². The van der Waals surface area contributed by atoms with E-state index in [4.69, 9.17) is 5.11 Å². The number of carboxylic acids is 1. The van der Waals surface area contributed by atoms with Crippen molar-refractivity contribution in [1.29, 1.82) is 0 Å². The zero-order valence-corrected chi connectivity index (χ0v) is 10.2. The number of hydrogen-bond donors (Lipinski definition) is 1. The summed E-state index contributed by atoms with van der Waals surface area (Å²) in [6, 6.07) is 0.405. The Morgan fingerprint density at radius 2 is 2.29 bits per heavy atom. The molecule has 1 aromatic rings. The quantitative estimate of drug-likeness (QED) is 0.837. The van der Waals surface area contributed by atoms with Gasteiger partial charge in [0.15, 0.2) is 0 Å². The monoisotopic (exact) mass is 237 g/mol. The molecule has 0 amide bonds. The molecule has 0 aliphatic heterocycles. The fraction of sp³-hybridized carbons (Fsp3) is 0.667. The van der Waals surface area contributed by atoms with Gasteiger partial charge in [0.05, 0.1) is 13.1 Å². The van der Waals surface area contributed by atoms with E-state index in [1.54, 1.807) is 6.20 Å². The SMILES string of the molecule is Cn1ccnc1CN(CC(=O)O)C1CCCC1. The molecular formula is C12H19N3O2. The second-order valence-electron chi connectivity index (χ2n) is 4.69. The van der Waals surface area contributed by atoms with Crippen molar-refractivity contribution in [1.82, 2.24) is 14.5 Å². The predicted molar refractivity (Wildman–Crippen MR) is 63.5 cm³/mol. The van der Waals surface area contributed by atoms with E-state index in [1.165, 1.54) is 12.8 Å². The molecule has 2 rings (SSSR count). The van der Waals surface area contributed by atoms with Crippen LogP contribution in [0.4, 0.5) is 0 Å². The summed E-state index contributed by atoms with van der Waals surface area (Å²) in [4.78, 5) is 17.2. The van der Waals surface area contributed by atoms with Crippen LogP contribution >= 0.6 is 0 Å². The van der Waals surface area contributed by atoms with Crippen molar-refractivity contribution in [2.75, 3.05) is 6.54 Å².